The van der Waals surface area contributed by atoms with Gasteiger partial charge in [-0.1, -0.05) is 19.1 Å². The van der Waals surface area contributed by atoms with Crippen molar-refractivity contribution in [3.63, 3.8) is 0 Å². The maximum Gasteiger partial charge on any atom is 0.142 e. The van der Waals surface area contributed by atoms with Crippen LogP contribution in [0.3, 0.4) is 0 Å². The lowest BCUT2D eigenvalue weighted by atomic mass is 9.93. The third-order valence-electron chi connectivity index (χ3n) is 3.72. The van der Waals surface area contributed by atoms with E-state index in [2.05, 4.69) is 24.4 Å². The minimum atomic E-state index is 0.449. The standard InChI is InChI=1S/C16H25NO2/c1-3-12-19-16-7-5-4-6-15(16)17-13-8-10-14(18-2)11-9-13/h4-7,13-14,17H,3,8-12H2,1-2H3. The number of anilines is 1. The number of benzene rings is 1. The van der Waals surface area contributed by atoms with Gasteiger partial charge in [-0.3, -0.25) is 0 Å². The highest BCUT2D eigenvalue weighted by atomic mass is 16.5. The van der Waals surface area contributed by atoms with E-state index in [0.717, 1.165) is 37.3 Å². The summed E-state index contributed by atoms with van der Waals surface area (Å²) in [5.74, 6) is 0.971. The van der Waals surface area contributed by atoms with Gasteiger partial charge in [0.25, 0.3) is 0 Å². The van der Waals surface area contributed by atoms with Crippen molar-refractivity contribution in [3.05, 3.63) is 24.3 Å². The molecule has 0 aliphatic heterocycles. The van der Waals surface area contributed by atoms with Gasteiger partial charge >= 0.3 is 0 Å². The van der Waals surface area contributed by atoms with Crippen molar-refractivity contribution in [1.82, 2.24) is 0 Å². The Kier molecular flexibility index (Phi) is 5.52. The van der Waals surface area contributed by atoms with Gasteiger partial charge in [0.05, 0.1) is 18.4 Å². The average Bonchev–Trinajstić information content (AvgIpc) is 2.47. The second kappa shape index (κ2) is 7.39. The van der Waals surface area contributed by atoms with Crippen molar-refractivity contribution in [1.29, 1.82) is 0 Å². The van der Waals surface area contributed by atoms with Crippen LogP contribution in [-0.2, 0) is 4.74 Å². The number of methoxy groups -OCH3 is 1. The summed E-state index contributed by atoms with van der Waals surface area (Å²) in [6.45, 7) is 2.90. The first-order valence-corrected chi connectivity index (χ1v) is 7.34. The van der Waals surface area contributed by atoms with E-state index in [9.17, 15) is 0 Å². The Labute approximate surface area is 116 Å². The molecule has 0 atom stereocenters. The largest absolute Gasteiger partial charge is 0.491 e. The molecule has 1 aliphatic carbocycles. The molecule has 1 saturated carbocycles. The van der Waals surface area contributed by atoms with Gasteiger partial charge in [0.15, 0.2) is 0 Å². The normalized spacial score (nSPS) is 23.1. The van der Waals surface area contributed by atoms with Crippen LogP contribution < -0.4 is 10.1 Å². The van der Waals surface area contributed by atoms with E-state index in [1.165, 1.54) is 12.8 Å². The molecule has 0 bridgehead atoms. The number of hydrogen-bond donors (Lipinski definition) is 1. The van der Waals surface area contributed by atoms with Crippen LogP contribution in [0.4, 0.5) is 5.69 Å². The fourth-order valence-corrected chi connectivity index (χ4v) is 2.59. The third kappa shape index (κ3) is 4.13. The second-order valence-corrected chi connectivity index (χ2v) is 5.20. The molecule has 3 heteroatoms. The number of rotatable bonds is 6. The van der Waals surface area contributed by atoms with Gasteiger partial charge in [-0.25, -0.2) is 0 Å². The number of ether oxygens (including phenoxy) is 2. The van der Waals surface area contributed by atoms with E-state index >= 15 is 0 Å². The van der Waals surface area contributed by atoms with Gasteiger partial charge in [-0.2, -0.15) is 0 Å². The van der Waals surface area contributed by atoms with E-state index in [1.54, 1.807) is 0 Å². The van der Waals surface area contributed by atoms with Gasteiger partial charge in [0.1, 0.15) is 5.75 Å². The fraction of sp³-hybridized carbons (Fsp3) is 0.625. The SMILES string of the molecule is CCCOc1ccccc1NC1CCC(OC)CC1. The van der Waals surface area contributed by atoms with Gasteiger partial charge in [-0.05, 0) is 44.2 Å². The van der Waals surface area contributed by atoms with E-state index in [0.29, 0.717) is 12.1 Å². The Balaban J connectivity index is 1.91. The average molecular weight is 263 g/mol. The Hall–Kier alpha value is -1.22. The fourth-order valence-electron chi connectivity index (χ4n) is 2.59. The summed E-state index contributed by atoms with van der Waals surface area (Å²) in [6.07, 6.45) is 6.11. The zero-order valence-corrected chi connectivity index (χ0v) is 12.0. The van der Waals surface area contributed by atoms with Crippen LogP contribution in [0.25, 0.3) is 0 Å². The lowest BCUT2D eigenvalue weighted by Crippen LogP contribution is -2.29. The molecule has 106 valence electrons. The van der Waals surface area contributed by atoms with Crippen LogP contribution in [-0.4, -0.2) is 25.9 Å². The van der Waals surface area contributed by atoms with Gasteiger partial charge in [0, 0.05) is 13.2 Å². The molecule has 3 nitrogen and oxygen atoms in total. The first kappa shape index (κ1) is 14.2. The predicted octanol–water partition coefficient (Wildman–Crippen LogP) is 3.84. The lowest BCUT2D eigenvalue weighted by molar-refractivity contribution is 0.0681. The van der Waals surface area contributed by atoms with E-state index in [1.807, 2.05) is 19.2 Å². The van der Waals surface area contributed by atoms with E-state index in [4.69, 9.17) is 9.47 Å². The van der Waals surface area contributed by atoms with Crippen LogP contribution >= 0.6 is 0 Å². The Morgan fingerprint density at radius 2 is 1.89 bits per heavy atom. The van der Waals surface area contributed by atoms with Crippen LogP contribution in [0.1, 0.15) is 39.0 Å². The summed E-state index contributed by atoms with van der Waals surface area (Å²) < 4.78 is 11.2. The van der Waals surface area contributed by atoms with Crippen molar-refractivity contribution in [2.75, 3.05) is 19.0 Å². The summed E-state index contributed by atoms with van der Waals surface area (Å²) in [5.41, 5.74) is 1.12. The van der Waals surface area contributed by atoms with Crippen LogP contribution in [0.15, 0.2) is 24.3 Å². The van der Waals surface area contributed by atoms with Crippen molar-refractivity contribution < 1.29 is 9.47 Å². The van der Waals surface area contributed by atoms with E-state index in [-0.39, 0.29) is 0 Å². The predicted molar refractivity (Wildman–Crippen MR) is 78.9 cm³/mol. The molecule has 0 aromatic heterocycles. The molecule has 0 saturated heterocycles. The summed E-state index contributed by atoms with van der Waals surface area (Å²) in [6, 6.07) is 8.77. The van der Waals surface area contributed by atoms with Gasteiger partial charge in [-0.15, -0.1) is 0 Å². The monoisotopic (exact) mass is 263 g/mol. The Morgan fingerprint density at radius 3 is 2.58 bits per heavy atom. The minimum absolute atomic E-state index is 0.449. The lowest BCUT2D eigenvalue weighted by Gasteiger charge is -2.29. The van der Waals surface area contributed by atoms with E-state index < -0.39 is 0 Å². The maximum atomic E-state index is 5.78. The molecule has 0 unspecified atom stereocenters. The van der Waals surface area contributed by atoms with Crippen molar-refractivity contribution >= 4 is 5.69 Å². The van der Waals surface area contributed by atoms with Crippen molar-refractivity contribution in [2.45, 2.75) is 51.2 Å². The molecular weight excluding hydrogens is 238 g/mol. The summed E-state index contributed by atoms with van der Waals surface area (Å²) in [4.78, 5) is 0. The highest BCUT2D eigenvalue weighted by Gasteiger charge is 2.21. The van der Waals surface area contributed by atoms with Crippen LogP contribution in [0, 0.1) is 0 Å². The summed E-state index contributed by atoms with van der Waals surface area (Å²) >= 11 is 0. The molecule has 2 rings (SSSR count). The smallest absolute Gasteiger partial charge is 0.142 e. The van der Waals surface area contributed by atoms with Crippen molar-refractivity contribution in [3.8, 4) is 5.75 Å². The third-order valence-corrected chi connectivity index (χ3v) is 3.72. The molecule has 1 aliphatic rings. The summed E-state index contributed by atoms with van der Waals surface area (Å²) in [5, 5.41) is 3.62. The molecule has 0 heterocycles. The highest BCUT2D eigenvalue weighted by molar-refractivity contribution is 5.56. The van der Waals surface area contributed by atoms with Crippen molar-refractivity contribution in [2.24, 2.45) is 0 Å². The maximum absolute atomic E-state index is 5.78. The summed E-state index contributed by atoms with van der Waals surface area (Å²) in [7, 11) is 1.81. The van der Waals surface area contributed by atoms with Crippen LogP contribution in [0.2, 0.25) is 0 Å². The molecule has 1 fully saturated rings. The van der Waals surface area contributed by atoms with Gasteiger partial charge in [0.2, 0.25) is 0 Å². The molecular formula is C16H25NO2. The molecule has 0 amide bonds. The molecule has 19 heavy (non-hydrogen) atoms. The van der Waals surface area contributed by atoms with Crippen LogP contribution in [0.5, 0.6) is 5.75 Å². The number of hydrogen-bond acceptors (Lipinski definition) is 3. The second-order valence-electron chi connectivity index (χ2n) is 5.20. The minimum Gasteiger partial charge on any atom is -0.491 e. The molecule has 1 aromatic rings. The number of nitrogens with one attached hydrogen (secondary N) is 1. The highest BCUT2D eigenvalue weighted by Crippen LogP contribution is 2.29. The first-order valence-electron chi connectivity index (χ1n) is 7.34. The zero-order chi connectivity index (χ0) is 13.5. The Morgan fingerprint density at radius 1 is 1.16 bits per heavy atom. The molecule has 1 aromatic carbocycles. The number of para-hydroxylation sites is 2. The topological polar surface area (TPSA) is 30.5 Å². The quantitative estimate of drug-likeness (QED) is 0.845. The molecule has 1 N–H and O–H groups in total. The molecule has 0 spiro atoms. The Bertz CT molecular complexity index is 373. The first-order chi connectivity index (χ1) is 9.33. The van der Waals surface area contributed by atoms with Gasteiger partial charge < -0.3 is 14.8 Å². The zero-order valence-electron chi connectivity index (χ0n) is 12.0. The molecule has 0 radical (unpaired) electrons.